The lowest BCUT2D eigenvalue weighted by atomic mass is 10.1. The minimum Gasteiger partial charge on any atom is -0.544 e. The molecule has 8 nitrogen and oxygen atoms in total. The summed E-state index contributed by atoms with van der Waals surface area (Å²) in [5.74, 6) is -1.86. The molecule has 334 valence electrons. The summed E-state index contributed by atoms with van der Waals surface area (Å²) in [6.45, 7) is 4.28. The summed E-state index contributed by atoms with van der Waals surface area (Å²) in [5, 5.41) is 11.6. The first-order valence-corrected chi connectivity index (χ1v) is 22.3. The van der Waals surface area contributed by atoms with Crippen LogP contribution in [0.1, 0.15) is 123 Å². The molecule has 0 rings (SSSR count). The Morgan fingerprint density at radius 3 is 1.47 bits per heavy atom. The normalized spacial score (nSPS) is 14.2. The summed E-state index contributed by atoms with van der Waals surface area (Å²) in [4.78, 5) is 36.9. The van der Waals surface area contributed by atoms with Crippen LogP contribution in [0.15, 0.2) is 134 Å². The van der Waals surface area contributed by atoms with E-state index in [9.17, 15) is 19.5 Å². The van der Waals surface area contributed by atoms with Gasteiger partial charge in [0.2, 0.25) is 0 Å². The number of rotatable bonds is 37. The lowest BCUT2D eigenvalue weighted by Crippen LogP contribution is -2.55. The fourth-order valence-electron chi connectivity index (χ4n) is 5.54. The summed E-state index contributed by atoms with van der Waals surface area (Å²) < 4.78 is 17.1. The number of carboxylic acids is 1. The van der Waals surface area contributed by atoms with Crippen molar-refractivity contribution in [3.63, 3.8) is 0 Å². The number of quaternary nitrogens is 1. The van der Waals surface area contributed by atoms with Crippen LogP contribution in [0.4, 0.5) is 0 Å². The Balaban J connectivity index is 4.53. The molecule has 0 N–H and O–H groups in total. The highest BCUT2D eigenvalue weighted by molar-refractivity contribution is 5.70. The summed E-state index contributed by atoms with van der Waals surface area (Å²) in [6.07, 6.45) is 59.0. The molecule has 0 aromatic rings. The summed E-state index contributed by atoms with van der Waals surface area (Å²) in [6, 6.07) is -0.749. The maximum atomic E-state index is 12.7. The fourth-order valence-corrected chi connectivity index (χ4v) is 5.54. The van der Waals surface area contributed by atoms with Gasteiger partial charge in [-0.25, -0.2) is 0 Å². The van der Waals surface area contributed by atoms with E-state index in [1.54, 1.807) is 21.1 Å². The molecular weight excluding hydrogens is 751 g/mol. The monoisotopic (exact) mass is 830 g/mol. The van der Waals surface area contributed by atoms with Crippen molar-refractivity contribution in [3.05, 3.63) is 134 Å². The molecule has 2 unspecified atom stereocenters. The third kappa shape index (κ3) is 39.0. The van der Waals surface area contributed by atoms with Crippen LogP contribution in [0.5, 0.6) is 0 Å². The molecule has 0 saturated carbocycles. The average molecular weight is 830 g/mol. The van der Waals surface area contributed by atoms with Gasteiger partial charge in [-0.1, -0.05) is 160 Å². The van der Waals surface area contributed by atoms with Gasteiger partial charge >= 0.3 is 11.9 Å². The van der Waals surface area contributed by atoms with Crippen LogP contribution in [0.25, 0.3) is 0 Å². The van der Waals surface area contributed by atoms with Crippen LogP contribution in [0.3, 0.4) is 0 Å². The zero-order valence-electron chi connectivity index (χ0n) is 37.8. The van der Waals surface area contributed by atoms with Crippen LogP contribution in [-0.2, 0) is 28.6 Å². The fraction of sp³-hybridized carbons (Fsp3) is 0.519. The van der Waals surface area contributed by atoms with Crippen molar-refractivity contribution >= 4 is 17.9 Å². The molecule has 0 radical (unpaired) electrons. The van der Waals surface area contributed by atoms with E-state index < -0.39 is 18.1 Å². The van der Waals surface area contributed by atoms with Crippen molar-refractivity contribution in [1.29, 1.82) is 0 Å². The summed E-state index contributed by atoms with van der Waals surface area (Å²) >= 11 is 0. The number of carbonyl (C=O) groups is 3. The Morgan fingerprint density at radius 2 is 0.967 bits per heavy atom. The Morgan fingerprint density at radius 1 is 0.517 bits per heavy atom. The standard InChI is InChI=1S/C52H79NO7/c1-6-8-10-12-14-16-18-20-22-24-25-27-28-30-32-34-36-38-40-42-50(54)59-47-48(46-58-45-44-49(52(56)57)53(3,4)5)60-51(55)43-41-39-37-35-33-31-29-26-23-21-19-17-15-13-11-9-7-2/h8-11,13-17,19-23,25-27,29-33,48-49H,6-7,12,18,24,28,34-47H2,1-5H3/b10-8+,11-9+,15-13+,16-14+,19-17+,22-20+,23-21+,27-25+,29-26+,32-30+,33-31+. The maximum Gasteiger partial charge on any atom is 0.306 e. The van der Waals surface area contributed by atoms with Gasteiger partial charge < -0.3 is 28.6 Å². The van der Waals surface area contributed by atoms with Gasteiger partial charge in [-0.05, 0) is 77.0 Å². The van der Waals surface area contributed by atoms with Crippen molar-refractivity contribution in [3.8, 4) is 0 Å². The van der Waals surface area contributed by atoms with Gasteiger partial charge in [0, 0.05) is 19.3 Å². The second-order valence-electron chi connectivity index (χ2n) is 15.3. The number of unbranched alkanes of at least 4 members (excludes halogenated alkanes) is 6. The largest absolute Gasteiger partial charge is 0.544 e. The number of carboxylic acid groups (broad SMARTS) is 1. The Bertz CT molecular complexity index is 1430. The predicted octanol–water partition coefficient (Wildman–Crippen LogP) is 11.1. The van der Waals surface area contributed by atoms with E-state index >= 15 is 0 Å². The predicted molar refractivity (Wildman–Crippen MR) is 249 cm³/mol. The zero-order valence-corrected chi connectivity index (χ0v) is 37.8. The minimum absolute atomic E-state index is 0.000654. The number of esters is 2. The number of likely N-dealkylation sites (N-methyl/N-ethyl adjacent to an activating group) is 1. The third-order valence-electron chi connectivity index (χ3n) is 8.94. The van der Waals surface area contributed by atoms with E-state index in [2.05, 4.69) is 86.8 Å². The molecule has 0 aliphatic rings. The SMILES string of the molecule is CC/C=C/C=C/C=C/C=C/C=C/C=C/CCCCCC(=O)OC(COCCC(C(=O)[O-])[N+](C)(C)C)COC(=O)CCCCC/C=C/C/C=C/C/C=C/C/C=C/C/C=C/CC. The van der Waals surface area contributed by atoms with Gasteiger partial charge in [0.1, 0.15) is 12.6 Å². The molecule has 0 aromatic heterocycles. The smallest absolute Gasteiger partial charge is 0.306 e. The average Bonchev–Trinajstić information content (AvgIpc) is 3.21. The molecule has 0 spiro atoms. The molecule has 60 heavy (non-hydrogen) atoms. The summed E-state index contributed by atoms with van der Waals surface area (Å²) in [5.41, 5.74) is 0. The second kappa shape index (κ2) is 41.2. The number of allylic oxidation sites excluding steroid dienone is 22. The van der Waals surface area contributed by atoms with Crippen molar-refractivity contribution in [1.82, 2.24) is 0 Å². The van der Waals surface area contributed by atoms with Gasteiger partial charge in [0.15, 0.2) is 6.10 Å². The van der Waals surface area contributed by atoms with Crippen molar-refractivity contribution in [2.45, 2.75) is 135 Å². The highest BCUT2D eigenvalue weighted by atomic mass is 16.6. The lowest BCUT2D eigenvalue weighted by Gasteiger charge is -2.34. The third-order valence-corrected chi connectivity index (χ3v) is 8.94. The number of hydrogen-bond acceptors (Lipinski definition) is 7. The minimum atomic E-state index is -1.15. The van der Waals surface area contributed by atoms with E-state index in [0.29, 0.717) is 6.42 Å². The highest BCUT2D eigenvalue weighted by Gasteiger charge is 2.25. The van der Waals surface area contributed by atoms with Crippen molar-refractivity contribution < 1.29 is 38.2 Å². The van der Waals surface area contributed by atoms with Crippen LogP contribution in [0, 0.1) is 0 Å². The van der Waals surface area contributed by atoms with Crippen LogP contribution < -0.4 is 5.11 Å². The van der Waals surface area contributed by atoms with Gasteiger partial charge in [0.25, 0.3) is 0 Å². The second-order valence-corrected chi connectivity index (χ2v) is 15.3. The topological polar surface area (TPSA) is 102 Å². The molecule has 0 aliphatic carbocycles. The molecule has 0 saturated heterocycles. The number of ether oxygens (including phenoxy) is 3. The maximum absolute atomic E-state index is 12.7. The van der Waals surface area contributed by atoms with E-state index in [4.69, 9.17) is 14.2 Å². The van der Waals surface area contributed by atoms with Crippen molar-refractivity contribution in [2.75, 3.05) is 41.0 Å². The first kappa shape index (κ1) is 55.5. The lowest BCUT2D eigenvalue weighted by molar-refractivity contribution is -0.889. The van der Waals surface area contributed by atoms with E-state index in [1.165, 1.54) is 0 Å². The van der Waals surface area contributed by atoms with Gasteiger partial charge in [-0.2, -0.15) is 0 Å². The first-order valence-electron chi connectivity index (χ1n) is 22.3. The van der Waals surface area contributed by atoms with Crippen LogP contribution >= 0.6 is 0 Å². The van der Waals surface area contributed by atoms with Gasteiger partial charge in [0.05, 0.1) is 40.3 Å². The van der Waals surface area contributed by atoms with Crippen LogP contribution in [-0.4, -0.2) is 75.5 Å². The highest BCUT2D eigenvalue weighted by Crippen LogP contribution is 2.11. The number of carbonyl (C=O) groups excluding carboxylic acids is 3. The summed E-state index contributed by atoms with van der Waals surface area (Å²) in [7, 11) is 5.36. The zero-order chi connectivity index (χ0) is 44.2. The van der Waals surface area contributed by atoms with Gasteiger partial charge in [-0.15, -0.1) is 0 Å². The molecule has 0 amide bonds. The molecule has 0 aliphatic heterocycles. The molecule has 0 aromatic carbocycles. The molecular formula is C52H79NO7. The molecule has 0 heterocycles. The quantitative estimate of drug-likeness (QED) is 0.0202. The Kier molecular flexibility index (Phi) is 38.1. The van der Waals surface area contributed by atoms with Crippen molar-refractivity contribution in [2.24, 2.45) is 0 Å². The first-order chi connectivity index (χ1) is 29.1. The molecule has 0 bridgehead atoms. The Hall–Kier alpha value is -4.53. The van der Waals surface area contributed by atoms with Crippen LogP contribution in [0.2, 0.25) is 0 Å². The Labute approximate surface area is 364 Å². The van der Waals surface area contributed by atoms with Gasteiger partial charge in [-0.3, -0.25) is 9.59 Å². The number of aliphatic carboxylic acids is 1. The van der Waals surface area contributed by atoms with E-state index in [-0.39, 0.29) is 55.5 Å². The molecule has 2 atom stereocenters. The van der Waals surface area contributed by atoms with E-state index in [1.807, 2.05) is 60.8 Å². The number of nitrogens with zero attached hydrogens (tertiary/aromatic N) is 1. The number of hydrogen-bond donors (Lipinski definition) is 0. The van der Waals surface area contributed by atoms with E-state index in [0.717, 1.165) is 83.5 Å². The molecule has 8 heteroatoms. The molecule has 0 fully saturated rings.